The minimum absolute atomic E-state index is 0.135. The van der Waals surface area contributed by atoms with E-state index in [2.05, 4.69) is 4.99 Å². The highest BCUT2D eigenvalue weighted by molar-refractivity contribution is 5.86. The van der Waals surface area contributed by atoms with Crippen molar-refractivity contribution in [2.45, 2.75) is 12.0 Å². The van der Waals surface area contributed by atoms with Crippen molar-refractivity contribution in [2.75, 3.05) is 20.7 Å². The molecule has 9 nitrogen and oxygen atoms in total. The predicted molar refractivity (Wildman–Crippen MR) is 72.4 cm³/mol. The van der Waals surface area contributed by atoms with Crippen LogP contribution in [-0.2, 0) is 0 Å². The van der Waals surface area contributed by atoms with Gasteiger partial charge < -0.3 is 9.47 Å². The fourth-order valence-corrected chi connectivity index (χ4v) is 2.33. The fourth-order valence-electron chi connectivity index (χ4n) is 2.33. The molecule has 1 aromatic carbocycles. The zero-order valence-electron chi connectivity index (χ0n) is 11.4. The predicted octanol–water partition coefficient (Wildman–Crippen LogP) is 1.12. The summed E-state index contributed by atoms with van der Waals surface area (Å²) in [4.78, 5) is 24.7. The molecule has 1 heterocycles. The smallest absolute Gasteiger partial charge is 0.300 e. The lowest BCUT2D eigenvalue weighted by Gasteiger charge is -2.27. The van der Waals surface area contributed by atoms with Crippen LogP contribution in [0.1, 0.15) is 11.5 Å². The first-order chi connectivity index (χ1) is 9.97. The third-order valence-electron chi connectivity index (χ3n) is 3.26. The summed E-state index contributed by atoms with van der Waals surface area (Å²) in [5.74, 6) is -0.330. The monoisotopic (exact) mass is 295 g/mol. The Morgan fingerprint density at radius 2 is 2.10 bits per heavy atom. The molecule has 0 radical (unpaired) electrons. The molecule has 0 aliphatic carbocycles. The van der Waals surface area contributed by atoms with E-state index in [4.69, 9.17) is 9.47 Å². The first-order valence-corrected chi connectivity index (χ1v) is 6.05. The quantitative estimate of drug-likeness (QED) is 0.606. The Morgan fingerprint density at radius 1 is 1.38 bits per heavy atom. The number of hydrogen-bond donors (Lipinski definition) is 0. The Hall–Kier alpha value is -2.71. The van der Waals surface area contributed by atoms with Gasteiger partial charge in [0.1, 0.15) is 17.4 Å². The summed E-state index contributed by atoms with van der Waals surface area (Å²) in [7, 11) is 2.79. The molecule has 2 rings (SSSR count). The Bertz CT molecular complexity index is 615. The number of aliphatic imine (C=N–C) groups is 1. The zero-order valence-corrected chi connectivity index (χ0v) is 11.4. The SMILES string of the molecule is CN=C1Oc2ccc(OC)cc2C(C[N+](=O)[O-])C1[N+](=O)[O-]. The maximum absolute atomic E-state index is 11.3. The van der Waals surface area contributed by atoms with Crippen LogP contribution in [-0.4, -0.2) is 42.5 Å². The molecular weight excluding hydrogens is 282 g/mol. The Kier molecular flexibility index (Phi) is 4.01. The normalized spacial score (nSPS) is 22.3. The van der Waals surface area contributed by atoms with Crippen LogP contribution in [0.15, 0.2) is 23.2 Å². The molecule has 0 amide bonds. The largest absolute Gasteiger partial charge is 0.497 e. The van der Waals surface area contributed by atoms with Gasteiger partial charge in [-0.1, -0.05) is 0 Å². The molecule has 1 aromatic rings. The van der Waals surface area contributed by atoms with Crippen LogP contribution in [0, 0.1) is 20.2 Å². The molecule has 21 heavy (non-hydrogen) atoms. The van der Waals surface area contributed by atoms with E-state index >= 15 is 0 Å². The number of ether oxygens (including phenoxy) is 2. The molecule has 0 aromatic heterocycles. The third-order valence-corrected chi connectivity index (χ3v) is 3.26. The van der Waals surface area contributed by atoms with Crippen LogP contribution in [0.5, 0.6) is 11.5 Å². The van der Waals surface area contributed by atoms with Gasteiger partial charge in [0, 0.05) is 22.5 Å². The third kappa shape index (κ3) is 2.76. The van der Waals surface area contributed by atoms with Crippen molar-refractivity contribution < 1.29 is 19.3 Å². The maximum Gasteiger partial charge on any atom is 0.300 e. The van der Waals surface area contributed by atoms with Crippen LogP contribution in [0.25, 0.3) is 0 Å². The Morgan fingerprint density at radius 3 is 2.62 bits per heavy atom. The molecule has 2 atom stereocenters. The van der Waals surface area contributed by atoms with Gasteiger partial charge in [0.25, 0.3) is 11.9 Å². The van der Waals surface area contributed by atoms with E-state index in [0.29, 0.717) is 17.1 Å². The average molecular weight is 295 g/mol. The number of nitrogens with zero attached hydrogens (tertiary/aromatic N) is 3. The first kappa shape index (κ1) is 14.7. The summed E-state index contributed by atoms with van der Waals surface area (Å²) < 4.78 is 10.5. The summed E-state index contributed by atoms with van der Waals surface area (Å²) >= 11 is 0. The molecule has 0 spiro atoms. The number of fused-ring (bicyclic) bond motifs is 1. The van der Waals surface area contributed by atoms with E-state index in [9.17, 15) is 20.2 Å². The second-order valence-electron chi connectivity index (χ2n) is 4.42. The van der Waals surface area contributed by atoms with Crippen molar-refractivity contribution in [2.24, 2.45) is 4.99 Å². The molecule has 9 heteroatoms. The second-order valence-corrected chi connectivity index (χ2v) is 4.42. The summed E-state index contributed by atoms with van der Waals surface area (Å²) in [6.07, 6.45) is 0. The molecule has 112 valence electrons. The van der Waals surface area contributed by atoms with E-state index in [1.165, 1.54) is 20.2 Å². The topological polar surface area (TPSA) is 117 Å². The van der Waals surface area contributed by atoms with Gasteiger partial charge in [-0.15, -0.1) is 0 Å². The first-order valence-electron chi connectivity index (χ1n) is 6.05. The molecule has 2 unspecified atom stereocenters. The van der Waals surface area contributed by atoms with Crippen LogP contribution < -0.4 is 9.47 Å². The van der Waals surface area contributed by atoms with Crippen LogP contribution >= 0.6 is 0 Å². The van der Waals surface area contributed by atoms with Crippen molar-refractivity contribution in [3.8, 4) is 11.5 Å². The summed E-state index contributed by atoms with van der Waals surface area (Å²) in [5.41, 5.74) is 0.375. The van der Waals surface area contributed by atoms with Crippen molar-refractivity contribution in [3.63, 3.8) is 0 Å². The number of methoxy groups -OCH3 is 1. The maximum atomic E-state index is 11.3. The van der Waals surface area contributed by atoms with Gasteiger partial charge in [0.15, 0.2) is 0 Å². The lowest BCUT2D eigenvalue weighted by atomic mass is 9.88. The average Bonchev–Trinajstić information content (AvgIpc) is 2.45. The molecular formula is C12H13N3O6. The van der Waals surface area contributed by atoms with Gasteiger partial charge >= 0.3 is 0 Å². The highest BCUT2D eigenvalue weighted by atomic mass is 16.6. The van der Waals surface area contributed by atoms with E-state index in [1.807, 2.05) is 0 Å². The van der Waals surface area contributed by atoms with Gasteiger partial charge in [-0.3, -0.25) is 25.2 Å². The van der Waals surface area contributed by atoms with E-state index in [-0.39, 0.29) is 5.90 Å². The van der Waals surface area contributed by atoms with Crippen LogP contribution in [0.3, 0.4) is 0 Å². The number of benzene rings is 1. The van der Waals surface area contributed by atoms with Gasteiger partial charge in [-0.25, -0.2) is 0 Å². The Labute approximate surface area is 119 Å². The molecule has 0 saturated heterocycles. The lowest BCUT2D eigenvalue weighted by molar-refractivity contribution is -0.533. The van der Waals surface area contributed by atoms with E-state index < -0.39 is 28.4 Å². The summed E-state index contributed by atoms with van der Waals surface area (Å²) in [5, 5.41) is 22.1. The molecule has 0 N–H and O–H groups in total. The molecule has 1 aliphatic rings. The van der Waals surface area contributed by atoms with Gasteiger partial charge in [-0.05, 0) is 18.2 Å². The number of hydrogen-bond acceptors (Lipinski definition) is 7. The molecule has 0 bridgehead atoms. The minimum Gasteiger partial charge on any atom is -0.497 e. The van der Waals surface area contributed by atoms with Crippen molar-refractivity contribution >= 4 is 5.90 Å². The minimum atomic E-state index is -1.39. The van der Waals surface area contributed by atoms with Crippen molar-refractivity contribution in [1.82, 2.24) is 0 Å². The van der Waals surface area contributed by atoms with E-state index in [1.54, 1.807) is 12.1 Å². The molecule has 0 fully saturated rings. The standard InChI is InChI=1S/C12H13N3O6/c1-13-12-11(15(18)19)9(6-14(16)17)8-5-7(20-2)3-4-10(8)21-12/h3-5,9,11H,6H2,1-2H3. The lowest BCUT2D eigenvalue weighted by Crippen LogP contribution is -2.44. The van der Waals surface area contributed by atoms with E-state index in [0.717, 1.165) is 0 Å². The second kappa shape index (κ2) is 5.73. The number of nitro groups is 2. The molecule has 1 aliphatic heterocycles. The van der Waals surface area contributed by atoms with Gasteiger partial charge in [0.2, 0.25) is 6.54 Å². The van der Waals surface area contributed by atoms with Crippen molar-refractivity contribution in [1.29, 1.82) is 0 Å². The highest BCUT2D eigenvalue weighted by Gasteiger charge is 2.47. The van der Waals surface area contributed by atoms with Crippen molar-refractivity contribution in [3.05, 3.63) is 44.0 Å². The summed E-state index contributed by atoms with van der Waals surface area (Å²) in [6, 6.07) is 3.30. The Balaban J connectivity index is 2.58. The molecule has 0 saturated carbocycles. The number of rotatable bonds is 4. The van der Waals surface area contributed by atoms with Crippen LogP contribution in [0.4, 0.5) is 0 Å². The fraction of sp³-hybridized carbons (Fsp3) is 0.417. The van der Waals surface area contributed by atoms with Gasteiger partial charge in [-0.2, -0.15) is 0 Å². The summed E-state index contributed by atoms with van der Waals surface area (Å²) in [6.45, 7) is -0.589. The zero-order chi connectivity index (χ0) is 15.6. The van der Waals surface area contributed by atoms with Crippen LogP contribution in [0.2, 0.25) is 0 Å². The van der Waals surface area contributed by atoms with Gasteiger partial charge in [0.05, 0.1) is 7.11 Å². The highest BCUT2D eigenvalue weighted by Crippen LogP contribution is 2.38.